The Morgan fingerprint density at radius 2 is 2.21 bits per heavy atom. The van der Waals surface area contributed by atoms with Gasteiger partial charge in [-0.25, -0.2) is 4.98 Å². The second kappa shape index (κ2) is 5.45. The normalized spacial score (nSPS) is 19.6. The lowest BCUT2D eigenvalue weighted by Crippen LogP contribution is -2.39. The minimum absolute atomic E-state index is 0. The summed E-state index contributed by atoms with van der Waals surface area (Å²) in [5, 5.41) is 6.05. The summed E-state index contributed by atoms with van der Waals surface area (Å²) in [5.74, 6) is 0.508. The molecular formula is C13H18ClN3O2. The number of amides is 1. The molecule has 1 aromatic rings. The van der Waals surface area contributed by atoms with Crippen LogP contribution in [0.3, 0.4) is 0 Å². The molecular weight excluding hydrogens is 266 g/mol. The summed E-state index contributed by atoms with van der Waals surface area (Å²) in [4.78, 5) is 15.3. The number of hydrogen-bond donors (Lipinski definition) is 2. The first-order chi connectivity index (χ1) is 8.70. The number of carbonyl (C=O) groups excluding carboxylic acids is 1. The lowest BCUT2D eigenvalue weighted by Gasteiger charge is -2.33. The summed E-state index contributed by atoms with van der Waals surface area (Å²) in [5.41, 5.74) is 2.19. The van der Waals surface area contributed by atoms with Crippen LogP contribution in [0.25, 0.3) is 0 Å². The average molecular weight is 284 g/mol. The predicted molar refractivity (Wildman–Crippen MR) is 74.4 cm³/mol. The van der Waals surface area contributed by atoms with E-state index in [0.717, 1.165) is 31.5 Å². The van der Waals surface area contributed by atoms with E-state index in [9.17, 15) is 4.79 Å². The number of fused-ring (bicyclic) bond motifs is 2. The number of aromatic nitrogens is 1. The molecule has 0 atom stereocenters. The molecule has 0 aromatic carbocycles. The first-order valence-corrected chi connectivity index (χ1v) is 6.31. The Morgan fingerprint density at radius 1 is 1.47 bits per heavy atom. The van der Waals surface area contributed by atoms with Gasteiger partial charge >= 0.3 is 0 Å². The molecule has 2 aliphatic heterocycles. The maximum absolute atomic E-state index is 11.0. The van der Waals surface area contributed by atoms with E-state index in [0.29, 0.717) is 12.4 Å². The maximum Gasteiger partial charge on any atom is 0.222 e. The fourth-order valence-corrected chi connectivity index (χ4v) is 2.81. The van der Waals surface area contributed by atoms with Gasteiger partial charge < -0.3 is 15.4 Å². The summed E-state index contributed by atoms with van der Waals surface area (Å²) in [7, 11) is 0. The van der Waals surface area contributed by atoms with Crippen LogP contribution in [0.5, 0.6) is 0 Å². The molecule has 3 rings (SSSR count). The van der Waals surface area contributed by atoms with Crippen molar-refractivity contribution in [2.24, 2.45) is 0 Å². The number of anilines is 1. The van der Waals surface area contributed by atoms with Crippen LogP contribution in [-0.2, 0) is 21.7 Å². The first-order valence-electron chi connectivity index (χ1n) is 6.31. The lowest BCUT2D eigenvalue weighted by molar-refractivity contribution is -0.114. The van der Waals surface area contributed by atoms with E-state index in [1.54, 1.807) is 0 Å². The van der Waals surface area contributed by atoms with Gasteiger partial charge in [0.2, 0.25) is 5.91 Å². The van der Waals surface area contributed by atoms with Crippen LogP contribution in [0.15, 0.2) is 12.3 Å². The van der Waals surface area contributed by atoms with Crippen molar-refractivity contribution in [2.45, 2.75) is 32.0 Å². The minimum Gasteiger partial charge on any atom is -0.365 e. The highest BCUT2D eigenvalue weighted by Gasteiger charge is 2.41. The van der Waals surface area contributed by atoms with Gasteiger partial charge in [0, 0.05) is 18.7 Å². The Hall–Kier alpha value is -1.17. The Morgan fingerprint density at radius 3 is 2.89 bits per heavy atom. The SMILES string of the molecule is CC(=O)Nc1cc2c(cn1)C1(CCNCC1)OC2.Cl. The van der Waals surface area contributed by atoms with Gasteiger partial charge in [0.15, 0.2) is 0 Å². The second-order valence-electron chi connectivity index (χ2n) is 4.94. The Kier molecular flexibility index (Phi) is 4.08. The molecule has 104 valence electrons. The van der Waals surface area contributed by atoms with Gasteiger partial charge in [0.1, 0.15) is 5.82 Å². The van der Waals surface area contributed by atoms with Crippen molar-refractivity contribution in [3.8, 4) is 0 Å². The molecule has 1 amide bonds. The third-order valence-corrected chi connectivity index (χ3v) is 3.70. The van der Waals surface area contributed by atoms with Gasteiger partial charge in [-0.3, -0.25) is 4.79 Å². The van der Waals surface area contributed by atoms with E-state index in [4.69, 9.17) is 4.74 Å². The van der Waals surface area contributed by atoms with E-state index in [1.807, 2.05) is 12.3 Å². The van der Waals surface area contributed by atoms with Crippen LogP contribution >= 0.6 is 12.4 Å². The van der Waals surface area contributed by atoms with E-state index in [2.05, 4.69) is 15.6 Å². The number of piperidine rings is 1. The smallest absolute Gasteiger partial charge is 0.222 e. The highest BCUT2D eigenvalue weighted by atomic mass is 35.5. The van der Waals surface area contributed by atoms with Gasteiger partial charge in [-0.05, 0) is 37.6 Å². The topological polar surface area (TPSA) is 63.2 Å². The number of hydrogen-bond acceptors (Lipinski definition) is 4. The van der Waals surface area contributed by atoms with Crippen LogP contribution in [0, 0.1) is 0 Å². The third kappa shape index (κ3) is 2.59. The van der Waals surface area contributed by atoms with Crippen molar-refractivity contribution in [3.63, 3.8) is 0 Å². The first kappa shape index (κ1) is 14.2. The standard InChI is InChI=1S/C13H17N3O2.ClH/c1-9(17)16-12-6-10-8-18-13(11(10)7-15-12)2-4-14-5-3-13;/h6-7,14H,2-5,8H2,1H3,(H,15,16,17);1H. The summed E-state index contributed by atoms with van der Waals surface area (Å²) < 4.78 is 6.02. The predicted octanol–water partition coefficient (Wildman–Crippen LogP) is 1.57. The van der Waals surface area contributed by atoms with Crippen LogP contribution in [0.2, 0.25) is 0 Å². The molecule has 2 aliphatic rings. The van der Waals surface area contributed by atoms with Crippen molar-refractivity contribution in [2.75, 3.05) is 18.4 Å². The van der Waals surface area contributed by atoms with Crippen molar-refractivity contribution >= 4 is 24.1 Å². The van der Waals surface area contributed by atoms with Gasteiger partial charge in [0.05, 0.1) is 12.2 Å². The van der Waals surface area contributed by atoms with E-state index in [1.165, 1.54) is 12.5 Å². The van der Waals surface area contributed by atoms with Crippen molar-refractivity contribution < 1.29 is 9.53 Å². The maximum atomic E-state index is 11.0. The zero-order chi connectivity index (χ0) is 12.6. The summed E-state index contributed by atoms with van der Waals surface area (Å²) in [6.45, 7) is 4.06. The van der Waals surface area contributed by atoms with E-state index >= 15 is 0 Å². The molecule has 0 saturated carbocycles. The average Bonchev–Trinajstić information content (AvgIpc) is 2.68. The molecule has 1 saturated heterocycles. The molecule has 2 N–H and O–H groups in total. The quantitative estimate of drug-likeness (QED) is 0.821. The van der Waals surface area contributed by atoms with Gasteiger partial charge in [-0.2, -0.15) is 0 Å². The highest BCUT2D eigenvalue weighted by Crippen LogP contribution is 2.42. The summed E-state index contributed by atoms with van der Waals surface area (Å²) in [6.07, 6.45) is 3.83. The second-order valence-corrected chi connectivity index (χ2v) is 4.94. The Bertz CT molecular complexity index is 487. The molecule has 1 fully saturated rings. The number of carbonyl (C=O) groups is 1. The van der Waals surface area contributed by atoms with Crippen LogP contribution in [0.4, 0.5) is 5.82 Å². The molecule has 19 heavy (non-hydrogen) atoms. The number of rotatable bonds is 1. The van der Waals surface area contributed by atoms with Crippen LogP contribution in [-0.4, -0.2) is 24.0 Å². The fourth-order valence-electron chi connectivity index (χ4n) is 2.81. The molecule has 5 nitrogen and oxygen atoms in total. The summed E-state index contributed by atoms with van der Waals surface area (Å²) >= 11 is 0. The number of nitrogens with one attached hydrogen (secondary N) is 2. The highest BCUT2D eigenvalue weighted by molar-refractivity contribution is 5.87. The zero-order valence-corrected chi connectivity index (χ0v) is 11.7. The molecule has 1 spiro atoms. The van der Waals surface area contributed by atoms with Crippen molar-refractivity contribution in [1.29, 1.82) is 0 Å². The van der Waals surface area contributed by atoms with E-state index < -0.39 is 0 Å². The number of pyridine rings is 1. The van der Waals surface area contributed by atoms with Crippen LogP contribution in [0.1, 0.15) is 30.9 Å². The Labute approximate surface area is 118 Å². The van der Waals surface area contributed by atoms with Crippen molar-refractivity contribution in [3.05, 3.63) is 23.4 Å². The molecule has 0 aliphatic carbocycles. The lowest BCUT2D eigenvalue weighted by atomic mass is 9.85. The van der Waals surface area contributed by atoms with Gasteiger partial charge in [0.25, 0.3) is 0 Å². The number of halogens is 1. The van der Waals surface area contributed by atoms with Crippen LogP contribution < -0.4 is 10.6 Å². The van der Waals surface area contributed by atoms with Gasteiger partial charge in [-0.1, -0.05) is 0 Å². The summed E-state index contributed by atoms with van der Waals surface area (Å²) in [6, 6.07) is 1.92. The monoisotopic (exact) mass is 283 g/mol. The minimum atomic E-state index is -0.150. The van der Waals surface area contributed by atoms with E-state index in [-0.39, 0.29) is 23.9 Å². The van der Waals surface area contributed by atoms with Gasteiger partial charge in [-0.15, -0.1) is 12.4 Å². The molecule has 1 aromatic heterocycles. The fraction of sp³-hybridized carbons (Fsp3) is 0.538. The molecule has 3 heterocycles. The zero-order valence-electron chi connectivity index (χ0n) is 10.9. The van der Waals surface area contributed by atoms with Crippen molar-refractivity contribution in [1.82, 2.24) is 10.3 Å². The molecule has 0 unspecified atom stereocenters. The largest absolute Gasteiger partial charge is 0.365 e. The molecule has 0 radical (unpaired) electrons. The third-order valence-electron chi connectivity index (χ3n) is 3.70. The number of ether oxygens (including phenoxy) is 1. The molecule has 0 bridgehead atoms. The number of nitrogens with zero attached hydrogens (tertiary/aromatic N) is 1. The Balaban J connectivity index is 0.00000133. The molecule has 6 heteroatoms.